The average Bonchev–Trinajstić information content (AvgIpc) is 3.04. The van der Waals surface area contributed by atoms with Gasteiger partial charge in [-0.3, -0.25) is 0 Å². The van der Waals surface area contributed by atoms with Crippen LogP contribution in [0.4, 0.5) is 9.59 Å². The van der Waals surface area contributed by atoms with Crippen LogP contribution in [-0.2, 0) is 0 Å². The Kier molecular flexibility index (Phi) is 4.15. The van der Waals surface area contributed by atoms with Crippen molar-refractivity contribution in [2.75, 3.05) is 0 Å². The van der Waals surface area contributed by atoms with E-state index in [0.717, 1.165) is 17.9 Å². The minimum absolute atomic E-state index is 0.0827. The van der Waals surface area contributed by atoms with Crippen LogP contribution in [-0.4, -0.2) is 41.0 Å². The summed E-state index contributed by atoms with van der Waals surface area (Å²) in [5, 5.41) is 18.7. The van der Waals surface area contributed by atoms with Crippen molar-refractivity contribution >= 4 is 20.3 Å². The smallest absolute Gasteiger partial charge is 0.427 e. The van der Waals surface area contributed by atoms with E-state index < -0.39 is 25.8 Å². The van der Waals surface area contributed by atoms with Gasteiger partial charge in [0.05, 0.1) is 0 Å². The quantitative estimate of drug-likeness (QED) is 0.412. The Balaban J connectivity index is 3.11. The third kappa shape index (κ3) is 4.17. The summed E-state index contributed by atoms with van der Waals surface area (Å²) in [6.45, 7) is 7.86. The van der Waals surface area contributed by atoms with Crippen LogP contribution in [0.3, 0.4) is 0 Å². The third-order valence-corrected chi connectivity index (χ3v) is 3.80. The molecule has 0 heterocycles. The fourth-order valence-electron chi connectivity index (χ4n) is 1.76. The molecule has 0 saturated heterocycles. The van der Waals surface area contributed by atoms with Gasteiger partial charge in [-0.2, -0.15) is 5.01 Å². The zero-order valence-corrected chi connectivity index (χ0v) is 12.6. The van der Waals surface area contributed by atoms with Gasteiger partial charge in [-0.15, -0.1) is 5.54 Å². The largest absolute Gasteiger partial charge is 0.464 e. The number of nitrogens with zero attached hydrogens (tertiary/aromatic N) is 1. The van der Waals surface area contributed by atoms with E-state index in [-0.39, 0.29) is 5.92 Å². The van der Waals surface area contributed by atoms with Gasteiger partial charge in [-0.25, -0.2) is 15.0 Å². The zero-order chi connectivity index (χ0) is 14.8. The first-order valence-corrected chi connectivity index (χ1v) is 9.63. The molecule has 106 valence electrons. The van der Waals surface area contributed by atoms with E-state index in [1.54, 1.807) is 6.92 Å². The SMILES string of the molecule is CC(C#C[Si](C)(C)C)(C1CC1)N(NC(=O)O)C(=O)O. The molecule has 1 aliphatic carbocycles. The first-order valence-electron chi connectivity index (χ1n) is 6.13. The van der Waals surface area contributed by atoms with Gasteiger partial charge in [0.15, 0.2) is 0 Å². The monoisotopic (exact) mass is 284 g/mol. The fraction of sp³-hybridized carbons (Fsp3) is 0.667. The number of hydrazine groups is 1. The van der Waals surface area contributed by atoms with Crippen LogP contribution in [0.2, 0.25) is 19.6 Å². The van der Waals surface area contributed by atoms with Gasteiger partial charge in [0, 0.05) is 0 Å². The predicted octanol–water partition coefficient (Wildman–Crippen LogP) is 2.20. The number of hydrogen-bond donors (Lipinski definition) is 3. The van der Waals surface area contributed by atoms with Crippen LogP contribution in [0.15, 0.2) is 0 Å². The maximum absolute atomic E-state index is 11.3. The second-order valence-corrected chi connectivity index (χ2v) is 10.7. The van der Waals surface area contributed by atoms with E-state index >= 15 is 0 Å². The Labute approximate surface area is 113 Å². The van der Waals surface area contributed by atoms with Gasteiger partial charge in [0.25, 0.3) is 0 Å². The Morgan fingerprint density at radius 3 is 2.16 bits per heavy atom. The maximum atomic E-state index is 11.3. The van der Waals surface area contributed by atoms with Crippen LogP contribution in [0.25, 0.3) is 0 Å². The van der Waals surface area contributed by atoms with Crippen LogP contribution in [0.1, 0.15) is 19.8 Å². The molecule has 1 aliphatic rings. The van der Waals surface area contributed by atoms with Crippen molar-refractivity contribution in [1.82, 2.24) is 10.4 Å². The third-order valence-electron chi connectivity index (χ3n) is 2.93. The van der Waals surface area contributed by atoms with Crippen LogP contribution >= 0.6 is 0 Å². The van der Waals surface area contributed by atoms with Gasteiger partial charge in [0.2, 0.25) is 0 Å². The summed E-state index contributed by atoms with van der Waals surface area (Å²) < 4.78 is 0. The lowest BCUT2D eigenvalue weighted by Gasteiger charge is -2.34. The average molecular weight is 284 g/mol. The molecular formula is C12H20N2O4Si. The fourth-order valence-corrected chi connectivity index (χ4v) is 2.39. The lowest BCUT2D eigenvalue weighted by Crippen LogP contribution is -2.58. The summed E-state index contributed by atoms with van der Waals surface area (Å²) in [5.41, 5.74) is 4.09. The van der Waals surface area contributed by atoms with Gasteiger partial charge < -0.3 is 10.2 Å². The molecule has 0 bridgehead atoms. The van der Waals surface area contributed by atoms with E-state index in [1.165, 1.54) is 0 Å². The Bertz CT molecular complexity index is 445. The molecule has 7 heteroatoms. The number of carboxylic acid groups (broad SMARTS) is 2. The summed E-state index contributed by atoms with van der Waals surface area (Å²) >= 11 is 0. The lowest BCUT2D eigenvalue weighted by molar-refractivity contribution is 0.0610. The van der Waals surface area contributed by atoms with E-state index in [2.05, 4.69) is 31.1 Å². The highest BCUT2D eigenvalue weighted by molar-refractivity contribution is 6.83. The van der Waals surface area contributed by atoms with Crippen molar-refractivity contribution < 1.29 is 19.8 Å². The molecular weight excluding hydrogens is 264 g/mol. The number of hydrogen-bond acceptors (Lipinski definition) is 2. The summed E-state index contributed by atoms with van der Waals surface area (Å²) in [6.07, 6.45) is -1.00. The number of nitrogens with one attached hydrogen (secondary N) is 1. The highest BCUT2D eigenvalue weighted by Crippen LogP contribution is 2.42. The van der Waals surface area contributed by atoms with Gasteiger partial charge in [-0.1, -0.05) is 25.6 Å². The number of amides is 2. The second-order valence-electron chi connectivity index (χ2n) is 5.96. The molecule has 0 spiro atoms. The molecule has 1 atom stereocenters. The van der Waals surface area contributed by atoms with Crippen molar-refractivity contribution in [1.29, 1.82) is 0 Å². The number of rotatable bonds is 2. The first kappa shape index (κ1) is 15.4. The zero-order valence-electron chi connectivity index (χ0n) is 11.6. The molecule has 6 nitrogen and oxygen atoms in total. The van der Waals surface area contributed by atoms with E-state index in [0.29, 0.717) is 0 Å². The molecule has 0 aliphatic heterocycles. The van der Waals surface area contributed by atoms with Crippen molar-refractivity contribution in [3.05, 3.63) is 0 Å². The molecule has 1 rings (SSSR count). The normalized spacial score (nSPS) is 17.7. The van der Waals surface area contributed by atoms with E-state index in [1.807, 2.05) is 5.43 Å². The minimum atomic E-state index is -1.66. The second kappa shape index (κ2) is 5.13. The standard InChI is InChI=1S/C12H20N2O4Si/c1-12(9-5-6-9,7-8-19(2,3)4)14(11(17)18)13-10(15)16/h9,13H,5-6H2,1-4H3,(H,15,16)(H,17,18). The molecule has 3 N–H and O–H groups in total. The van der Waals surface area contributed by atoms with Gasteiger partial charge in [0.1, 0.15) is 13.6 Å². The van der Waals surface area contributed by atoms with Crippen LogP contribution in [0.5, 0.6) is 0 Å². The first-order chi connectivity index (χ1) is 8.56. The molecule has 19 heavy (non-hydrogen) atoms. The number of carbonyl (C=O) groups is 2. The van der Waals surface area contributed by atoms with E-state index in [9.17, 15) is 14.7 Å². The summed E-state index contributed by atoms with van der Waals surface area (Å²) in [4.78, 5) is 22.0. The van der Waals surface area contributed by atoms with Crippen LogP contribution in [0, 0.1) is 17.4 Å². The molecule has 0 aromatic heterocycles. The van der Waals surface area contributed by atoms with Crippen molar-refractivity contribution in [3.63, 3.8) is 0 Å². The summed E-state index contributed by atoms with van der Waals surface area (Å²) in [7, 11) is -1.66. The van der Waals surface area contributed by atoms with Gasteiger partial charge in [-0.05, 0) is 25.7 Å². The molecule has 0 aromatic rings. The minimum Gasteiger partial charge on any atom is -0.464 e. The van der Waals surface area contributed by atoms with Crippen molar-refractivity contribution in [2.24, 2.45) is 5.92 Å². The Morgan fingerprint density at radius 2 is 1.84 bits per heavy atom. The van der Waals surface area contributed by atoms with E-state index in [4.69, 9.17) is 5.11 Å². The topological polar surface area (TPSA) is 89.9 Å². The summed E-state index contributed by atoms with van der Waals surface area (Å²) in [6, 6.07) is 0. The molecule has 1 fully saturated rings. The highest BCUT2D eigenvalue weighted by Gasteiger charge is 2.48. The highest BCUT2D eigenvalue weighted by atomic mass is 28.3. The van der Waals surface area contributed by atoms with Crippen molar-refractivity contribution in [3.8, 4) is 11.5 Å². The molecule has 2 amide bonds. The molecule has 1 unspecified atom stereocenters. The Morgan fingerprint density at radius 1 is 1.32 bits per heavy atom. The van der Waals surface area contributed by atoms with Crippen LogP contribution < -0.4 is 5.43 Å². The van der Waals surface area contributed by atoms with Crippen molar-refractivity contribution in [2.45, 2.75) is 44.9 Å². The Hall–Kier alpha value is -1.68. The molecule has 0 radical (unpaired) electrons. The molecule has 1 saturated carbocycles. The summed E-state index contributed by atoms with van der Waals surface area (Å²) in [5.74, 6) is 3.10. The predicted molar refractivity (Wildman–Crippen MR) is 73.3 cm³/mol. The molecule has 0 aromatic carbocycles. The lowest BCUT2D eigenvalue weighted by atomic mass is 9.96. The van der Waals surface area contributed by atoms with Gasteiger partial charge >= 0.3 is 12.2 Å². The maximum Gasteiger partial charge on any atom is 0.427 e.